The van der Waals surface area contributed by atoms with Crippen LogP contribution in [0.2, 0.25) is 0 Å². The summed E-state index contributed by atoms with van der Waals surface area (Å²) in [5.41, 5.74) is 0.922. The number of nitrogens with zero attached hydrogens (tertiary/aromatic N) is 2. The van der Waals surface area contributed by atoms with E-state index < -0.39 is 14.9 Å². The third kappa shape index (κ3) is 4.30. The molecule has 8 nitrogen and oxygen atoms in total. The minimum Gasteiger partial charge on any atom is -0.495 e. The van der Waals surface area contributed by atoms with Crippen LogP contribution in [0, 0.1) is 10.1 Å². The molecule has 2 aromatic rings. The summed E-state index contributed by atoms with van der Waals surface area (Å²) in [4.78, 5) is 12.3. The van der Waals surface area contributed by atoms with Gasteiger partial charge in [-0.05, 0) is 43.5 Å². The first kappa shape index (κ1) is 19.0. The second-order valence-electron chi connectivity index (χ2n) is 6.29. The smallest absolute Gasteiger partial charge is 0.270 e. The summed E-state index contributed by atoms with van der Waals surface area (Å²) >= 11 is 0. The van der Waals surface area contributed by atoms with Crippen molar-refractivity contribution in [3.8, 4) is 5.75 Å². The SMILES string of the molecule is COc1ccc(N2CCCCC2)cc1NS(=O)(=O)c1cccc([N+](=O)[O-])c1. The lowest BCUT2D eigenvalue weighted by molar-refractivity contribution is -0.385. The highest BCUT2D eigenvalue weighted by atomic mass is 32.2. The van der Waals surface area contributed by atoms with Gasteiger partial charge in [-0.3, -0.25) is 14.8 Å². The molecule has 1 N–H and O–H groups in total. The van der Waals surface area contributed by atoms with Crippen molar-refractivity contribution >= 4 is 27.1 Å². The lowest BCUT2D eigenvalue weighted by Crippen LogP contribution is -2.29. The van der Waals surface area contributed by atoms with Gasteiger partial charge < -0.3 is 9.64 Å². The van der Waals surface area contributed by atoms with E-state index >= 15 is 0 Å². The summed E-state index contributed by atoms with van der Waals surface area (Å²) in [6.45, 7) is 1.84. The van der Waals surface area contributed by atoms with Crippen molar-refractivity contribution in [2.24, 2.45) is 0 Å². The van der Waals surface area contributed by atoms with Crippen molar-refractivity contribution in [3.05, 3.63) is 52.6 Å². The fourth-order valence-corrected chi connectivity index (χ4v) is 4.19. The summed E-state index contributed by atoms with van der Waals surface area (Å²) in [7, 11) is -2.54. The maximum atomic E-state index is 12.7. The van der Waals surface area contributed by atoms with E-state index in [0.717, 1.165) is 37.7 Å². The number of non-ortho nitro benzene ring substituents is 1. The van der Waals surface area contributed by atoms with Crippen LogP contribution in [0.5, 0.6) is 5.75 Å². The van der Waals surface area contributed by atoms with Crippen LogP contribution in [0.25, 0.3) is 0 Å². The largest absolute Gasteiger partial charge is 0.495 e. The molecule has 2 aromatic carbocycles. The van der Waals surface area contributed by atoms with E-state index in [4.69, 9.17) is 4.74 Å². The number of rotatable bonds is 6. The Hall–Kier alpha value is -2.81. The van der Waals surface area contributed by atoms with Gasteiger partial charge in [0.05, 0.1) is 22.6 Å². The molecule has 0 aliphatic carbocycles. The zero-order valence-corrected chi connectivity index (χ0v) is 15.7. The van der Waals surface area contributed by atoms with Gasteiger partial charge in [-0.2, -0.15) is 0 Å². The van der Waals surface area contributed by atoms with Crippen LogP contribution >= 0.6 is 0 Å². The Morgan fingerprint density at radius 2 is 1.85 bits per heavy atom. The topological polar surface area (TPSA) is 102 Å². The monoisotopic (exact) mass is 391 g/mol. The minimum absolute atomic E-state index is 0.179. The first-order valence-corrected chi connectivity index (χ1v) is 10.1. The molecule has 3 rings (SSSR count). The van der Waals surface area contributed by atoms with Gasteiger partial charge in [-0.1, -0.05) is 6.07 Å². The predicted octanol–water partition coefficient (Wildman–Crippen LogP) is 3.39. The number of piperidine rings is 1. The molecule has 0 bridgehead atoms. The number of anilines is 2. The Morgan fingerprint density at radius 3 is 2.52 bits per heavy atom. The second kappa shape index (κ2) is 7.83. The summed E-state index contributed by atoms with van der Waals surface area (Å²) in [6, 6.07) is 10.3. The van der Waals surface area contributed by atoms with Crippen LogP contribution in [0.1, 0.15) is 19.3 Å². The van der Waals surface area contributed by atoms with Gasteiger partial charge in [0.2, 0.25) is 0 Å². The zero-order valence-electron chi connectivity index (χ0n) is 14.9. The fourth-order valence-electron chi connectivity index (χ4n) is 3.09. The Labute approximate surface area is 158 Å². The molecule has 0 amide bonds. The summed E-state index contributed by atoms with van der Waals surface area (Å²) in [5, 5.41) is 10.9. The Bertz CT molecular complexity index is 940. The third-order valence-corrected chi connectivity index (χ3v) is 5.85. The Morgan fingerprint density at radius 1 is 1.11 bits per heavy atom. The minimum atomic E-state index is -4.00. The first-order chi connectivity index (χ1) is 12.9. The first-order valence-electron chi connectivity index (χ1n) is 8.61. The average Bonchev–Trinajstić information content (AvgIpc) is 2.68. The molecule has 0 spiro atoms. The van der Waals surface area contributed by atoms with E-state index in [9.17, 15) is 18.5 Å². The lowest BCUT2D eigenvalue weighted by atomic mass is 10.1. The van der Waals surface area contributed by atoms with Gasteiger partial charge in [0.1, 0.15) is 5.75 Å². The number of nitrogens with one attached hydrogen (secondary N) is 1. The van der Waals surface area contributed by atoms with Crippen LogP contribution in [0.4, 0.5) is 17.1 Å². The van der Waals surface area contributed by atoms with Crippen LogP contribution < -0.4 is 14.4 Å². The molecular weight excluding hydrogens is 370 g/mol. The van der Waals surface area contributed by atoms with E-state index in [1.807, 2.05) is 6.07 Å². The van der Waals surface area contributed by atoms with E-state index in [2.05, 4.69) is 9.62 Å². The maximum Gasteiger partial charge on any atom is 0.270 e. The van der Waals surface area contributed by atoms with Crippen molar-refractivity contribution in [3.63, 3.8) is 0 Å². The molecule has 1 heterocycles. The molecule has 27 heavy (non-hydrogen) atoms. The normalized spacial score (nSPS) is 14.6. The van der Waals surface area contributed by atoms with E-state index in [1.165, 1.54) is 31.7 Å². The molecule has 1 aliphatic heterocycles. The number of sulfonamides is 1. The summed E-state index contributed by atoms with van der Waals surface area (Å²) in [6.07, 6.45) is 3.39. The summed E-state index contributed by atoms with van der Waals surface area (Å²) < 4.78 is 33.2. The standard InChI is InChI=1S/C18H21N3O5S/c1-26-18-9-8-14(20-10-3-2-4-11-20)13-17(18)19-27(24,25)16-7-5-6-15(12-16)21(22)23/h5-9,12-13,19H,2-4,10-11H2,1H3. The molecule has 0 atom stereocenters. The van der Waals surface area contributed by atoms with Crippen LogP contribution in [0.3, 0.4) is 0 Å². The van der Waals surface area contributed by atoms with E-state index in [1.54, 1.807) is 12.1 Å². The number of benzene rings is 2. The van der Waals surface area contributed by atoms with Gasteiger partial charge >= 0.3 is 0 Å². The van der Waals surface area contributed by atoms with Crippen LogP contribution in [0.15, 0.2) is 47.4 Å². The lowest BCUT2D eigenvalue weighted by Gasteiger charge is -2.29. The van der Waals surface area contributed by atoms with Crippen molar-refractivity contribution in [2.45, 2.75) is 24.2 Å². The van der Waals surface area contributed by atoms with Gasteiger partial charge in [-0.15, -0.1) is 0 Å². The Kier molecular flexibility index (Phi) is 5.50. The van der Waals surface area contributed by atoms with Crippen molar-refractivity contribution < 1.29 is 18.1 Å². The van der Waals surface area contributed by atoms with Crippen LogP contribution in [-0.2, 0) is 10.0 Å². The summed E-state index contributed by atoms with van der Waals surface area (Å²) in [5.74, 6) is 0.379. The second-order valence-corrected chi connectivity index (χ2v) is 7.97. The number of methoxy groups -OCH3 is 1. The molecule has 1 fully saturated rings. The average molecular weight is 391 g/mol. The number of hydrogen-bond donors (Lipinski definition) is 1. The van der Waals surface area contributed by atoms with Crippen molar-refractivity contribution in [2.75, 3.05) is 29.8 Å². The number of hydrogen-bond acceptors (Lipinski definition) is 6. The highest BCUT2D eigenvalue weighted by Gasteiger charge is 2.21. The Balaban J connectivity index is 1.93. The van der Waals surface area contributed by atoms with Gasteiger partial charge in [-0.25, -0.2) is 8.42 Å². The molecule has 0 saturated carbocycles. The molecule has 0 aromatic heterocycles. The van der Waals surface area contributed by atoms with Crippen molar-refractivity contribution in [1.29, 1.82) is 0 Å². The number of nitro groups is 1. The van der Waals surface area contributed by atoms with Gasteiger partial charge in [0, 0.05) is 30.9 Å². The molecule has 9 heteroatoms. The number of ether oxygens (including phenoxy) is 1. The highest BCUT2D eigenvalue weighted by Crippen LogP contribution is 2.33. The predicted molar refractivity (Wildman–Crippen MR) is 103 cm³/mol. The van der Waals surface area contributed by atoms with E-state index in [-0.39, 0.29) is 10.6 Å². The maximum absolute atomic E-state index is 12.7. The zero-order chi connectivity index (χ0) is 19.4. The van der Waals surface area contributed by atoms with Gasteiger partial charge in [0.15, 0.2) is 0 Å². The molecular formula is C18H21N3O5S. The quantitative estimate of drug-likeness (QED) is 0.598. The van der Waals surface area contributed by atoms with Crippen LogP contribution in [-0.4, -0.2) is 33.5 Å². The van der Waals surface area contributed by atoms with Gasteiger partial charge in [0.25, 0.3) is 15.7 Å². The fraction of sp³-hybridized carbons (Fsp3) is 0.333. The molecule has 0 unspecified atom stereocenters. The molecule has 1 saturated heterocycles. The molecule has 144 valence electrons. The highest BCUT2D eigenvalue weighted by molar-refractivity contribution is 7.92. The third-order valence-electron chi connectivity index (χ3n) is 4.49. The molecule has 1 aliphatic rings. The van der Waals surface area contributed by atoms with Crippen molar-refractivity contribution in [1.82, 2.24) is 0 Å². The molecule has 0 radical (unpaired) electrons. The van der Waals surface area contributed by atoms with E-state index in [0.29, 0.717) is 11.4 Å². The number of nitro benzene ring substituents is 1.